The molecule has 0 radical (unpaired) electrons. The Balaban J connectivity index is 2.29. The highest BCUT2D eigenvalue weighted by Gasteiger charge is 2.22. The van der Waals surface area contributed by atoms with Crippen LogP contribution in [0.5, 0.6) is 0 Å². The van der Waals surface area contributed by atoms with Crippen LogP contribution >= 0.6 is 11.3 Å². The minimum Gasteiger partial charge on any atom is -0.394 e. The number of rotatable bonds is 7. The molecule has 23 heavy (non-hydrogen) atoms. The largest absolute Gasteiger partial charge is 0.394 e. The molecule has 2 rings (SSSR count). The number of aliphatic hydroxyl groups is 1. The summed E-state index contributed by atoms with van der Waals surface area (Å²) in [5.41, 5.74) is 2.84. The van der Waals surface area contributed by atoms with Gasteiger partial charge in [-0.2, -0.15) is 0 Å². The number of carbonyl (C=O) groups excluding carboxylic acids is 1. The van der Waals surface area contributed by atoms with Crippen molar-refractivity contribution in [1.29, 1.82) is 0 Å². The van der Waals surface area contributed by atoms with E-state index in [1.54, 1.807) is 12.1 Å². The van der Waals surface area contributed by atoms with Gasteiger partial charge in [0.15, 0.2) is 0 Å². The molecule has 0 aliphatic carbocycles. The topological polar surface area (TPSA) is 67.8 Å². The highest BCUT2D eigenvalue weighted by molar-refractivity contribution is 7.21. The number of halogens is 1. The van der Waals surface area contributed by atoms with Gasteiger partial charge < -0.3 is 9.84 Å². The smallest absolute Gasteiger partial charge is 0.285 e. The van der Waals surface area contributed by atoms with Gasteiger partial charge in [-0.15, -0.1) is 11.3 Å². The minimum absolute atomic E-state index is 0.0404. The molecule has 1 atom stereocenters. The summed E-state index contributed by atoms with van der Waals surface area (Å²) in [6.45, 7) is 3.66. The maximum Gasteiger partial charge on any atom is 0.285 e. The summed E-state index contributed by atoms with van der Waals surface area (Å²) >= 11 is 1.18. The highest BCUT2D eigenvalue weighted by Crippen LogP contribution is 2.33. The predicted octanol–water partition coefficient (Wildman–Crippen LogP) is 2.87. The Labute approximate surface area is 138 Å². The number of amides is 1. The molecule has 0 spiro atoms. The first-order valence-electron chi connectivity index (χ1n) is 7.25. The second-order valence-electron chi connectivity index (χ2n) is 5.47. The molecule has 2 aromatic rings. The van der Waals surface area contributed by atoms with Gasteiger partial charge in [-0.1, -0.05) is 19.9 Å². The molecule has 1 aromatic carbocycles. The average Bonchev–Trinajstić information content (AvgIpc) is 2.88. The number of hydrogen-bond acceptors (Lipinski definition) is 5. The lowest BCUT2D eigenvalue weighted by Crippen LogP contribution is -2.34. The van der Waals surface area contributed by atoms with E-state index in [9.17, 15) is 14.3 Å². The minimum atomic E-state index is -0.504. The van der Waals surface area contributed by atoms with E-state index in [1.807, 2.05) is 13.8 Å². The van der Waals surface area contributed by atoms with Gasteiger partial charge in [0, 0.05) is 22.8 Å². The number of hydroxylamine groups is 1. The van der Waals surface area contributed by atoms with Crippen LogP contribution in [-0.2, 0) is 16.2 Å². The summed E-state index contributed by atoms with van der Waals surface area (Å²) in [5, 5.41) is 9.62. The molecule has 1 heterocycles. The summed E-state index contributed by atoms with van der Waals surface area (Å²) in [6, 6.07) is 4.71. The van der Waals surface area contributed by atoms with Crippen molar-refractivity contribution < 1.29 is 23.9 Å². The van der Waals surface area contributed by atoms with E-state index in [0.29, 0.717) is 20.5 Å². The van der Waals surface area contributed by atoms with E-state index in [1.165, 1.54) is 24.5 Å². The standard InChI is InChI=1S/C16H20FNO4S/c1-9(2)12(7-19)22-18-16(20)15-10(8-21-3)14-11(17)5-4-6-13(14)23-15/h4-6,9,12,19H,7-8H2,1-3H3,(H,18,20). The number of thiophene rings is 1. The van der Waals surface area contributed by atoms with Gasteiger partial charge in [-0.25, -0.2) is 9.87 Å². The number of ether oxygens (including phenoxy) is 1. The Bertz CT molecular complexity index is 686. The third-order valence-electron chi connectivity index (χ3n) is 3.48. The molecule has 1 unspecified atom stereocenters. The molecule has 1 amide bonds. The fraction of sp³-hybridized carbons (Fsp3) is 0.438. The Morgan fingerprint density at radius 2 is 2.17 bits per heavy atom. The first-order chi connectivity index (χ1) is 11.0. The molecule has 2 N–H and O–H groups in total. The Kier molecular flexibility index (Phi) is 6.06. The van der Waals surface area contributed by atoms with Gasteiger partial charge in [0.05, 0.1) is 13.2 Å². The quantitative estimate of drug-likeness (QED) is 0.760. The molecule has 0 fully saturated rings. The van der Waals surface area contributed by atoms with E-state index in [2.05, 4.69) is 5.48 Å². The second-order valence-corrected chi connectivity index (χ2v) is 6.52. The summed E-state index contributed by atoms with van der Waals surface area (Å²) in [4.78, 5) is 18.0. The van der Waals surface area contributed by atoms with Crippen LogP contribution in [0.2, 0.25) is 0 Å². The summed E-state index contributed by atoms with van der Waals surface area (Å²) in [7, 11) is 1.49. The lowest BCUT2D eigenvalue weighted by Gasteiger charge is -2.18. The zero-order valence-corrected chi connectivity index (χ0v) is 14.1. The Morgan fingerprint density at radius 1 is 1.43 bits per heavy atom. The number of aliphatic hydroxyl groups excluding tert-OH is 1. The molecule has 5 nitrogen and oxygen atoms in total. The van der Waals surface area contributed by atoms with Crippen molar-refractivity contribution in [3.05, 3.63) is 34.5 Å². The van der Waals surface area contributed by atoms with E-state index in [4.69, 9.17) is 9.57 Å². The number of benzene rings is 1. The van der Waals surface area contributed by atoms with Crippen molar-refractivity contribution in [3.8, 4) is 0 Å². The molecular formula is C16H20FNO4S. The van der Waals surface area contributed by atoms with Crippen molar-refractivity contribution in [2.45, 2.75) is 26.6 Å². The number of fused-ring (bicyclic) bond motifs is 1. The zero-order chi connectivity index (χ0) is 17.0. The highest BCUT2D eigenvalue weighted by atomic mass is 32.1. The van der Waals surface area contributed by atoms with Gasteiger partial charge >= 0.3 is 0 Å². The normalized spacial score (nSPS) is 12.8. The van der Waals surface area contributed by atoms with Crippen LogP contribution in [0.25, 0.3) is 10.1 Å². The van der Waals surface area contributed by atoms with Gasteiger partial charge in [-0.3, -0.25) is 9.63 Å². The Hall–Kier alpha value is -1.54. The van der Waals surface area contributed by atoms with Crippen LogP contribution in [0.15, 0.2) is 18.2 Å². The summed E-state index contributed by atoms with van der Waals surface area (Å²) in [5.74, 6) is -0.823. The van der Waals surface area contributed by atoms with Gasteiger partial charge in [0.2, 0.25) is 0 Å². The van der Waals surface area contributed by atoms with Gasteiger partial charge in [0.25, 0.3) is 5.91 Å². The lowest BCUT2D eigenvalue weighted by atomic mass is 10.1. The van der Waals surface area contributed by atoms with Gasteiger partial charge in [0.1, 0.15) is 16.8 Å². The third-order valence-corrected chi connectivity index (χ3v) is 4.68. The fourth-order valence-electron chi connectivity index (χ4n) is 2.19. The molecule has 0 saturated carbocycles. The average molecular weight is 341 g/mol. The third kappa shape index (κ3) is 3.87. The Morgan fingerprint density at radius 3 is 2.78 bits per heavy atom. The van der Waals surface area contributed by atoms with Crippen LogP contribution in [0.1, 0.15) is 29.1 Å². The van der Waals surface area contributed by atoms with Gasteiger partial charge in [-0.05, 0) is 18.1 Å². The lowest BCUT2D eigenvalue weighted by molar-refractivity contribution is -0.0601. The van der Waals surface area contributed by atoms with E-state index in [-0.39, 0.29) is 24.9 Å². The predicted molar refractivity (Wildman–Crippen MR) is 86.8 cm³/mol. The van der Waals surface area contributed by atoms with E-state index >= 15 is 0 Å². The number of nitrogens with one attached hydrogen (secondary N) is 1. The zero-order valence-electron chi connectivity index (χ0n) is 13.3. The molecule has 7 heteroatoms. The molecule has 0 saturated heterocycles. The van der Waals surface area contributed by atoms with Crippen molar-refractivity contribution >= 4 is 27.3 Å². The van der Waals surface area contributed by atoms with Crippen LogP contribution < -0.4 is 5.48 Å². The van der Waals surface area contributed by atoms with Crippen molar-refractivity contribution in [1.82, 2.24) is 5.48 Å². The van der Waals surface area contributed by atoms with E-state index < -0.39 is 12.0 Å². The second kappa shape index (κ2) is 7.83. The molecule has 0 aliphatic heterocycles. The van der Waals surface area contributed by atoms with Crippen LogP contribution in [-0.4, -0.2) is 30.8 Å². The summed E-state index contributed by atoms with van der Waals surface area (Å²) < 4.78 is 19.9. The maximum absolute atomic E-state index is 14.1. The molecule has 126 valence electrons. The van der Waals surface area contributed by atoms with Crippen molar-refractivity contribution in [2.24, 2.45) is 5.92 Å². The fourth-order valence-corrected chi connectivity index (χ4v) is 3.30. The molecule has 0 bridgehead atoms. The van der Waals surface area contributed by atoms with Crippen LogP contribution in [0.4, 0.5) is 4.39 Å². The molecular weight excluding hydrogens is 321 g/mol. The SMILES string of the molecule is COCc1c(C(=O)NOC(CO)C(C)C)sc2cccc(F)c12. The molecule has 0 aliphatic rings. The number of hydrogen-bond donors (Lipinski definition) is 2. The maximum atomic E-state index is 14.1. The monoisotopic (exact) mass is 341 g/mol. The van der Waals surface area contributed by atoms with Crippen LogP contribution in [0.3, 0.4) is 0 Å². The number of methoxy groups -OCH3 is 1. The first kappa shape index (κ1) is 17.8. The molecule has 1 aromatic heterocycles. The number of carbonyl (C=O) groups is 1. The summed E-state index contributed by atoms with van der Waals surface area (Å²) in [6.07, 6.45) is -0.504. The van der Waals surface area contributed by atoms with Crippen molar-refractivity contribution in [2.75, 3.05) is 13.7 Å². The van der Waals surface area contributed by atoms with Crippen molar-refractivity contribution in [3.63, 3.8) is 0 Å². The van der Waals surface area contributed by atoms with E-state index in [0.717, 1.165) is 0 Å². The first-order valence-corrected chi connectivity index (χ1v) is 8.06. The van der Waals surface area contributed by atoms with Crippen LogP contribution in [0, 0.1) is 11.7 Å².